The number of benzene rings is 2. The number of carbonyl (C=O) groups excluding carboxylic acids is 1. The molecule has 4 nitrogen and oxygen atoms in total. The summed E-state index contributed by atoms with van der Waals surface area (Å²) >= 11 is 0. The maximum Gasteiger partial charge on any atom is 0.416 e. The Morgan fingerprint density at radius 2 is 1.61 bits per heavy atom. The molecule has 0 bridgehead atoms. The van der Waals surface area contributed by atoms with E-state index in [-0.39, 0.29) is 19.1 Å². The summed E-state index contributed by atoms with van der Waals surface area (Å²) in [5.41, 5.74) is 1.74. The number of rotatable bonds is 5. The highest BCUT2D eigenvalue weighted by molar-refractivity contribution is 6.00. The maximum atomic E-state index is 12.8. The van der Waals surface area contributed by atoms with E-state index in [0.717, 1.165) is 12.1 Å². The number of pyridine rings is 1. The van der Waals surface area contributed by atoms with Gasteiger partial charge in [-0.3, -0.25) is 9.78 Å². The van der Waals surface area contributed by atoms with E-state index >= 15 is 0 Å². The van der Waals surface area contributed by atoms with Crippen LogP contribution in [-0.2, 0) is 19.3 Å². The Morgan fingerprint density at radius 3 is 2.29 bits per heavy atom. The first-order valence-electron chi connectivity index (χ1n) is 8.49. The maximum absolute atomic E-state index is 12.8. The molecule has 2 aromatic carbocycles. The Kier molecular flexibility index (Phi) is 5.75. The quantitative estimate of drug-likeness (QED) is 0.691. The molecule has 0 fully saturated rings. The van der Waals surface area contributed by atoms with Crippen LogP contribution >= 0.6 is 0 Å². The first-order valence-corrected chi connectivity index (χ1v) is 8.49. The van der Waals surface area contributed by atoms with Crippen molar-refractivity contribution in [2.45, 2.75) is 19.3 Å². The predicted octanol–water partition coefficient (Wildman–Crippen LogP) is 4.19. The number of nitrogens with one attached hydrogen (secondary N) is 1. The first-order chi connectivity index (χ1) is 13.4. The number of aliphatic hydroxyl groups excluding tert-OH is 1. The van der Waals surface area contributed by atoms with Gasteiger partial charge in [-0.2, -0.15) is 13.2 Å². The molecule has 0 aliphatic rings. The number of aromatic nitrogens is 1. The lowest BCUT2D eigenvalue weighted by atomic mass is 9.98. The molecule has 0 unspecified atom stereocenters. The van der Waals surface area contributed by atoms with Gasteiger partial charge in [-0.05, 0) is 41.5 Å². The van der Waals surface area contributed by atoms with Crippen molar-refractivity contribution in [2.24, 2.45) is 0 Å². The molecule has 2 N–H and O–H groups in total. The van der Waals surface area contributed by atoms with Crippen molar-refractivity contribution < 1.29 is 23.1 Å². The summed E-state index contributed by atoms with van der Waals surface area (Å²) in [6, 6.07) is 16.5. The fourth-order valence-electron chi connectivity index (χ4n) is 2.75. The van der Waals surface area contributed by atoms with Gasteiger partial charge in [0, 0.05) is 5.56 Å². The number of alkyl halides is 3. The lowest BCUT2D eigenvalue weighted by Crippen LogP contribution is -2.24. The summed E-state index contributed by atoms with van der Waals surface area (Å²) in [5, 5.41) is 11.9. The summed E-state index contributed by atoms with van der Waals surface area (Å²) in [6.07, 6.45) is -4.41. The van der Waals surface area contributed by atoms with Crippen molar-refractivity contribution in [1.29, 1.82) is 0 Å². The lowest BCUT2D eigenvalue weighted by molar-refractivity contribution is -0.137. The number of aliphatic hydroxyl groups is 1. The number of nitrogens with zero attached hydrogens (tertiary/aromatic N) is 1. The zero-order chi connectivity index (χ0) is 20.1. The monoisotopic (exact) mass is 386 g/mol. The Morgan fingerprint density at radius 1 is 0.929 bits per heavy atom. The van der Waals surface area contributed by atoms with Gasteiger partial charge in [0.05, 0.1) is 30.1 Å². The van der Waals surface area contributed by atoms with Crippen molar-refractivity contribution in [1.82, 2.24) is 10.3 Å². The Bertz CT molecular complexity index is 970. The Balaban J connectivity index is 1.80. The average Bonchev–Trinajstić information content (AvgIpc) is 2.71. The molecule has 0 atom stereocenters. The van der Waals surface area contributed by atoms with Gasteiger partial charge in [0.1, 0.15) is 0 Å². The molecule has 7 heteroatoms. The fourth-order valence-corrected chi connectivity index (χ4v) is 2.75. The summed E-state index contributed by atoms with van der Waals surface area (Å²) in [5.74, 6) is -0.369. The third-order valence-corrected chi connectivity index (χ3v) is 4.15. The molecule has 0 radical (unpaired) electrons. The van der Waals surface area contributed by atoms with E-state index in [0.29, 0.717) is 28.1 Å². The highest BCUT2D eigenvalue weighted by atomic mass is 19.4. The lowest BCUT2D eigenvalue weighted by Gasteiger charge is -2.12. The zero-order valence-electron chi connectivity index (χ0n) is 14.7. The largest absolute Gasteiger partial charge is 0.416 e. The van der Waals surface area contributed by atoms with Gasteiger partial charge in [0.2, 0.25) is 0 Å². The predicted molar refractivity (Wildman–Crippen MR) is 98.2 cm³/mol. The second kappa shape index (κ2) is 8.22. The Labute approximate surface area is 159 Å². The molecule has 1 aromatic heterocycles. The average molecular weight is 386 g/mol. The first kappa shape index (κ1) is 19.6. The third kappa shape index (κ3) is 4.55. The molecule has 1 amide bonds. The van der Waals surface area contributed by atoms with Gasteiger partial charge in [0.25, 0.3) is 5.91 Å². The minimum absolute atomic E-state index is 0.161. The van der Waals surface area contributed by atoms with Crippen LogP contribution in [0.4, 0.5) is 13.2 Å². The number of hydrogen-bond acceptors (Lipinski definition) is 3. The van der Waals surface area contributed by atoms with Gasteiger partial charge in [-0.1, -0.05) is 36.4 Å². The van der Waals surface area contributed by atoms with Gasteiger partial charge >= 0.3 is 6.18 Å². The SMILES string of the molecule is O=C(NCc1cccc(CO)n1)c1ccccc1-c1ccc(C(F)(F)F)cc1. The highest BCUT2D eigenvalue weighted by Crippen LogP contribution is 2.31. The van der Waals surface area contributed by atoms with E-state index in [1.807, 2.05) is 0 Å². The van der Waals surface area contributed by atoms with Crippen molar-refractivity contribution in [3.05, 3.63) is 89.2 Å². The standard InChI is InChI=1S/C21H17F3N2O2/c22-21(23,24)15-10-8-14(9-11-15)18-6-1-2-7-19(18)20(28)25-12-16-4-3-5-17(13-27)26-16/h1-11,27H,12-13H2,(H,25,28). The van der Waals surface area contributed by atoms with Crippen LogP contribution in [0.5, 0.6) is 0 Å². The number of amides is 1. The van der Waals surface area contributed by atoms with Crippen molar-refractivity contribution >= 4 is 5.91 Å². The van der Waals surface area contributed by atoms with Crippen LogP contribution in [-0.4, -0.2) is 16.0 Å². The van der Waals surface area contributed by atoms with Crippen molar-refractivity contribution in [3.8, 4) is 11.1 Å². The van der Waals surface area contributed by atoms with Crippen molar-refractivity contribution in [3.63, 3.8) is 0 Å². The van der Waals surface area contributed by atoms with E-state index < -0.39 is 11.7 Å². The smallest absolute Gasteiger partial charge is 0.390 e. The molecule has 144 valence electrons. The molecular weight excluding hydrogens is 369 g/mol. The van der Waals surface area contributed by atoms with E-state index in [2.05, 4.69) is 10.3 Å². The minimum atomic E-state index is -4.41. The van der Waals surface area contributed by atoms with E-state index in [9.17, 15) is 18.0 Å². The molecule has 1 heterocycles. The molecular formula is C21H17F3N2O2. The molecule has 3 aromatic rings. The summed E-state index contributed by atoms with van der Waals surface area (Å²) in [4.78, 5) is 16.8. The van der Waals surface area contributed by atoms with Crippen LogP contribution in [0.15, 0.2) is 66.7 Å². The fraction of sp³-hybridized carbons (Fsp3) is 0.143. The van der Waals surface area contributed by atoms with E-state index in [1.54, 1.807) is 42.5 Å². The molecule has 0 saturated heterocycles. The van der Waals surface area contributed by atoms with Crippen molar-refractivity contribution in [2.75, 3.05) is 0 Å². The number of carbonyl (C=O) groups is 1. The topological polar surface area (TPSA) is 62.2 Å². The van der Waals surface area contributed by atoms with E-state index in [1.165, 1.54) is 12.1 Å². The van der Waals surface area contributed by atoms with Crippen LogP contribution in [0.25, 0.3) is 11.1 Å². The van der Waals surface area contributed by atoms with Gasteiger partial charge in [-0.15, -0.1) is 0 Å². The second-order valence-electron chi connectivity index (χ2n) is 6.08. The molecule has 0 spiro atoms. The second-order valence-corrected chi connectivity index (χ2v) is 6.08. The molecule has 0 aliphatic carbocycles. The van der Waals surface area contributed by atoms with Gasteiger partial charge < -0.3 is 10.4 Å². The Hall–Kier alpha value is -3.19. The molecule has 3 rings (SSSR count). The van der Waals surface area contributed by atoms with Crippen LogP contribution in [0.1, 0.15) is 27.3 Å². The normalized spacial score (nSPS) is 11.3. The van der Waals surface area contributed by atoms with Gasteiger partial charge in [-0.25, -0.2) is 0 Å². The van der Waals surface area contributed by atoms with Crippen LogP contribution in [0.3, 0.4) is 0 Å². The van der Waals surface area contributed by atoms with Crippen LogP contribution < -0.4 is 5.32 Å². The van der Waals surface area contributed by atoms with Crippen LogP contribution in [0, 0.1) is 0 Å². The number of halogens is 3. The summed E-state index contributed by atoms with van der Waals surface area (Å²) < 4.78 is 38.3. The molecule has 28 heavy (non-hydrogen) atoms. The molecule has 0 aliphatic heterocycles. The third-order valence-electron chi connectivity index (χ3n) is 4.15. The van der Waals surface area contributed by atoms with E-state index in [4.69, 9.17) is 5.11 Å². The number of hydrogen-bond donors (Lipinski definition) is 2. The molecule has 0 saturated carbocycles. The summed E-state index contributed by atoms with van der Waals surface area (Å²) in [7, 11) is 0. The summed E-state index contributed by atoms with van der Waals surface area (Å²) in [6.45, 7) is -0.0352. The zero-order valence-corrected chi connectivity index (χ0v) is 14.7. The minimum Gasteiger partial charge on any atom is -0.390 e. The van der Waals surface area contributed by atoms with Gasteiger partial charge in [0.15, 0.2) is 0 Å². The highest BCUT2D eigenvalue weighted by Gasteiger charge is 2.30. The van der Waals surface area contributed by atoms with Crippen LogP contribution in [0.2, 0.25) is 0 Å².